The van der Waals surface area contributed by atoms with Crippen LogP contribution in [-0.4, -0.2) is 0 Å². The maximum atomic E-state index is 2.49. The lowest BCUT2D eigenvalue weighted by Crippen LogP contribution is -2.24. The Morgan fingerprint density at radius 3 is 2.07 bits per heavy atom. The molecule has 2 unspecified atom stereocenters. The summed E-state index contributed by atoms with van der Waals surface area (Å²) in [5.41, 5.74) is 0.623. The van der Waals surface area contributed by atoms with Gasteiger partial charge in [-0.1, -0.05) is 46.5 Å². The van der Waals surface area contributed by atoms with Crippen LogP contribution < -0.4 is 0 Å². The zero-order valence-electron chi connectivity index (χ0n) is 10.6. The molecule has 3 aliphatic carbocycles. The maximum Gasteiger partial charge on any atom is -0.0323 e. The van der Waals surface area contributed by atoms with Gasteiger partial charge < -0.3 is 0 Å². The molecular formula is C15H26. The average Bonchev–Trinajstić information content (AvgIpc) is 2.61. The van der Waals surface area contributed by atoms with E-state index in [-0.39, 0.29) is 0 Å². The fraction of sp³-hybridized carbons (Fsp3) is 1.00. The van der Waals surface area contributed by atoms with Crippen LogP contribution in [0.4, 0.5) is 0 Å². The van der Waals surface area contributed by atoms with Gasteiger partial charge >= 0.3 is 0 Å². The van der Waals surface area contributed by atoms with Gasteiger partial charge in [-0.15, -0.1) is 0 Å². The van der Waals surface area contributed by atoms with Crippen LogP contribution in [0.25, 0.3) is 0 Å². The summed E-state index contributed by atoms with van der Waals surface area (Å²) in [6.07, 6.45) is 9.19. The summed E-state index contributed by atoms with van der Waals surface area (Å²) in [4.78, 5) is 0. The highest BCUT2D eigenvalue weighted by Gasteiger charge is 2.60. The lowest BCUT2D eigenvalue weighted by atomic mass is 9.71. The minimum atomic E-state index is 0.623. The predicted molar refractivity (Wildman–Crippen MR) is 64.6 cm³/mol. The van der Waals surface area contributed by atoms with Crippen LogP contribution in [0.15, 0.2) is 0 Å². The van der Waals surface area contributed by atoms with Gasteiger partial charge in [-0.3, -0.25) is 0 Å². The molecule has 0 heterocycles. The molecule has 0 nitrogen and oxygen atoms in total. The minimum absolute atomic E-state index is 0.623. The van der Waals surface area contributed by atoms with Crippen molar-refractivity contribution < 1.29 is 0 Å². The Morgan fingerprint density at radius 2 is 1.67 bits per heavy atom. The Hall–Kier alpha value is 0. The Balaban J connectivity index is 1.56. The molecule has 3 fully saturated rings. The van der Waals surface area contributed by atoms with Crippen LogP contribution in [0.1, 0.15) is 59.3 Å². The van der Waals surface area contributed by atoms with E-state index in [2.05, 4.69) is 20.8 Å². The first-order valence-electron chi connectivity index (χ1n) is 7.13. The molecule has 0 aromatic carbocycles. The molecule has 0 spiro atoms. The highest BCUT2D eigenvalue weighted by Crippen LogP contribution is 2.67. The Bertz CT molecular complexity index is 237. The third-order valence-electron chi connectivity index (χ3n) is 6.22. The fourth-order valence-electron chi connectivity index (χ4n) is 4.34. The molecule has 86 valence electrons. The first-order chi connectivity index (χ1) is 7.13. The van der Waals surface area contributed by atoms with Crippen molar-refractivity contribution in [2.24, 2.45) is 35.0 Å². The molecular weight excluding hydrogens is 180 g/mol. The highest BCUT2D eigenvalue weighted by atomic mass is 14.6. The molecule has 0 aliphatic heterocycles. The summed E-state index contributed by atoms with van der Waals surface area (Å²) in [6.45, 7) is 7.34. The van der Waals surface area contributed by atoms with E-state index in [1.165, 1.54) is 36.5 Å². The molecule has 3 aliphatic rings. The van der Waals surface area contributed by atoms with Gasteiger partial charge in [0.15, 0.2) is 0 Å². The van der Waals surface area contributed by atoms with E-state index >= 15 is 0 Å². The molecule has 0 aromatic heterocycles. The van der Waals surface area contributed by atoms with E-state index in [1.54, 1.807) is 25.7 Å². The Kier molecular flexibility index (Phi) is 2.20. The van der Waals surface area contributed by atoms with Crippen LogP contribution in [0.5, 0.6) is 0 Å². The van der Waals surface area contributed by atoms with E-state index in [9.17, 15) is 0 Å². The van der Waals surface area contributed by atoms with Crippen molar-refractivity contribution in [2.45, 2.75) is 59.3 Å². The molecule has 0 N–H and O–H groups in total. The summed E-state index contributed by atoms with van der Waals surface area (Å²) < 4.78 is 0. The van der Waals surface area contributed by atoms with Crippen molar-refractivity contribution in [1.82, 2.24) is 0 Å². The lowest BCUT2D eigenvalue weighted by molar-refractivity contribution is 0.160. The van der Waals surface area contributed by atoms with Crippen LogP contribution in [0.3, 0.4) is 0 Å². The van der Waals surface area contributed by atoms with Crippen molar-refractivity contribution in [3.63, 3.8) is 0 Å². The van der Waals surface area contributed by atoms with Crippen molar-refractivity contribution in [3.05, 3.63) is 0 Å². The van der Waals surface area contributed by atoms with Gasteiger partial charge in [-0.25, -0.2) is 0 Å². The molecule has 2 atom stereocenters. The van der Waals surface area contributed by atoms with Crippen molar-refractivity contribution in [3.8, 4) is 0 Å². The summed E-state index contributed by atoms with van der Waals surface area (Å²) in [6, 6.07) is 0. The number of fused-ring (bicyclic) bond motifs is 1. The monoisotopic (exact) mass is 206 g/mol. The van der Waals surface area contributed by atoms with Gasteiger partial charge in [0.25, 0.3) is 0 Å². The first kappa shape index (κ1) is 10.2. The average molecular weight is 206 g/mol. The van der Waals surface area contributed by atoms with E-state index in [1.807, 2.05) is 0 Å². The topological polar surface area (TPSA) is 0 Å². The van der Waals surface area contributed by atoms with Crippen LogP contribution in [0.2, 0.25) is 0 Å². The molecule has 0 bridgehead atoms. The normalized spacial score (nSPS) is 45.0. The first-order valence-corrected chi connectivity index (χ1v) is 7.13. The van der Waals surface area contributed by atoms with Crippen LogP contribution in [0, 0.1) is 35.0 Å². The Morgan fingerprint density at radius 1 is 1.07 bits per heavy atom. The summed E-state index contributed by atoms with van der Waals surface area (Å²) >= 11 is 0. The molecule has 0 aromatic rings. The van der Waals surface area contributed by atoms with Gasteiger partial charge in [-0.2, -0.15) is 0 Å². The largest absolute Gasteiger partial charge is 0.0649 e. The van der Waals surface area contributed by atoms with Gasteiger partial charge in [0, 0.05) is 0 Å². The SMILES string of the molecule is CCC(C)(C)C1CC2C(C1)C2C1CCC1. The molecule has 3 rings (SSSR count). The van der Waals surface area contributed by atoms with Crippen LogP contribution in [-0.2, 0) is 0 Å². The van der Waals surface area contributed by atoms with E-state index in [0.717, 1.165) is 5.92 Å². The molecule has 15 heavy (non-hydrogen) atoms. The van der Waals surface area contributed by atoms with Crippen LogP contribution >= 0.6 is 0 Å². The molecule has 0 amide bonds. The third-order valence-corrected chi connectivity index (χ3v) is 6.22. The second-order valence-electron chi connectivity index (χ2n) is 7.11. The van der Waals surface area contributed by atoms with Crippen molar-refractivity contribution in [1.29, 1.82) is 0 Å². The summed E-state index contributed by atoms with van der Waals surface area (Å²) in [5, 5.41) is 0. The molecule has 3 saturated carbocycles. The van der Waals surface area contributed by atoms with Crippen molar-refractivity contribution in [2.75, 3.05) is 0 Å². The number of hydrogen-bond donors (Lipinski definition) is 0. The minimum Gasteiger partial charge on any atom is -0.0649 e. The number of rotatable bonds is 3. The predicted octanol–water partition coefficient (Wildman–Crippen LogP) is 4.49. The molecule has 0 heteroatoms. The van der Waals surface area contributed by atoms with E-state index in [4.69, 9.17) is 0 Å². The Labute approximate surface area is 94.8 Å². The molecule has 0 saturated heterocycles. The summed E-state index contributed by atoms with van der Waals surface area (Å²) in [5.74, 6) is 5.76. The number of hydrogen-bond acceptors (Lipinski definition) is 0. The third kappa shape index (κ3) is 1.47. The van der Waals surface area contributed by atoms with Gasteiger partial charge in [0.2, 0.25) is 0 Å². The summed E-state index contributed by atoms with van der Waals surface area (Å²) in [7, 11) is 0. The maximum absolute atomic E-state index is 2.49. The van der Waals surface area contributed by atoms with Gasteiger partial charge in [0.1, 0.15) is 0 Å². The standard InChI is InChI=1S/C15H26/c1-4-15(2,3)11-8-12-13(9-11)14(12)10-6-5-7-10/h10-14H,4-9H2,1-3H3. The quantitative estimate of drug-likeness (QED) is 0.638. The van der Waals surface area contributed by atoms with Gasteiger partial charge in [-0.05, 0) is 47.8 Å². The second kappa shape index (κ2) is 3.25. The van der Waals surface area contributed by atoms with Gasteiger partial charge in [0.05, 0.1) is 0 Å². The fourth-order valence-corrected chi connectivity index (χ4v) is 4.34. The highest BCUT2D eigenvalue weighted by molar-refractivity contribution is 5.09. The van der Waals surface area contributed by atoms with E-state index in [0.29, 0.717) is 5.41 Å². The lowest BCUT2D eigenvalue weighted by Gasteiger charge is -2.34. The zero-order valence-corrected chi connectivity index (χ0v) is 10.6. The van der Waals surface area contributed by atoms with Crippen molar-refractivity contribution >= 4 is 0 Å². The zero-order chi connectivity index (χ0) is 10.6. The second-order valence-corrected chi connectivity index (χ2v) is 7.11. The molecule has 0 radical (unpaired) electrons. The smallest absolute Gasteiger partial charge is 0.0323 e. The van der Waals surface area contributed by atoms with E-state index < -0.39 is 0 Å².